The van der Waals surface area contributed by atoms with Crippen LogP contribution in [0.2, 0.25) is 0 Å². The van der Waals surface area contributed by atoms with E-state index >= 15 is 4.79 Å². The maximum Gasteiger partial charge on any atom is 0.335 e. The van der Waals surface area contributed by atoms with Crippen LogP contribution in [0.1, 0.15) is 96.3 Å². The van der Waals surface area contributed by atoms with Crippen LogP contribution >= 0.6 is 0 Å². The van der Waals surface area contributed by atoms with Crippen molar-refractivity contribution in [1.29, 1.82) is 0 Å². The number of hydrogen-bond donors (Lipinski definition) is 0. The van der Waals surface area contributed by atoms with E-state index in [9.17, 15) is 14.4 Å². The fourth-order valence-electron chi connectivity index (χ4n) is 18.8. The molecule has 312 valence electrons. The molecule has 0 aromatic carbocycles. The molecular formula is C48H52N4O8. The van der Waals surface area contributed by atoms with Crippen LogP contribution in [0.25, 0.3) is 0 Å². The van der Waals surface area contributed by atoms with Crippen LogP contribution < -0.4 is 0 Å². The number of fused-ring (bicyclic) bond motifs is 12. The Morgan fingerprint density at radius 3 is 1.62 bits per heavy atom. The predicted octanol–water partition coefficient (Wildman–Crippen LogP) is 3.56. The third-order valence-electron chi connectivity index (χ3n) is 20.4. The molecule has 4 spiro atoms. The summed E-state index contributed by atoms with van der Waals surface area (Å²) in [5.41, 5.74) is 5.21. The Morgan fingerprint density at radius 1 is 0.500 bits per heavy atom. The molecule has 16 aliphatic rings. The molecule has 12 heterocycles. The summed E-state index contributed by atoms with van der Waals surface area (Å²) >= 11 is 0. The molecule has 12 aliphatic heterocycles. The minimum atomic E-state index is -0.658. The summed E-state index contributed by atoms with van der Waals surface area (Å²) in [5.74, 6) is -0.765. The molecule has 0 aromatic heterocycles. The lowest BCUT2D eigenvalue weighted by Crippen LogP contribution is -2.46. The van der Waals surface area contributed by atoms with Crippen molar-refractivity contribution < 1.29 is 38.1 Å². The average Bonchev–Trinajstić information content (AvgIpc) is 4.06. The van der Waals surface area contributed by atoms with Gasteiger partial charge in [0.15, 0.2) is 22.4 Å². The molecule has 16 rings (SSSR count). The van der Waals surface area contributed by atoms with Crippen LogP contribution in [0.3, 0.4) is 0 Å². The van der Waals surface area contributed by atoms with E-state index in [0.29, 0.717) is 12.8 Å². The van der Waals surface area contributed by atoms with Gasteiger partial charge in [-0.2, -0.15) is 0 Å². The van der Waals surface area contributed by atoms with Gasteiger partial charge in [0.1, 0.15) is 0 Å². The van der Waals surface area contributed by atoms with Gasteiger partial charge in [0.25, 0.3) is 0 Å². The molecule has 8 bridgehead atoms. The minimum absolute atomic E-state index is 0.0708. The van der Waals surface area contributed by atoms with Crippen molar-refractivity contribution in [1.82, 2.24) is 19.6 Å². The molecule has 3 saturated carbocycles. The van der Waals surface area contributed by atoms with Gasteiger partial charge in [0.05, 0.1) is 24.2 Å². The average molecular weight is 813 g/mol. The van der Waals surface area contributed by atoms with E-state index in [0.717, 1.165) is 138 Å². The molecule has 4 aliphatic carbocycles. The first-order valence-corrected chi connectivity index (χ1v) is 23.8. The molecule has 0 N–H and O–H groups in total. The number of rotatable bonds is 3. The van der Waals surface area contributed by atoms with Crippen molar-refractivity contribution >= 4 is 23.9 Å². The summed E-state index contributed by atoms with van der Waals surface area (Å²) in [5, 5.41) is 0. The van der Waals surface area contributed by atoms with Crippen LogP contribution in [0.15, 0.2) is 57.2 Å². The Balaban J connectivity index is 0.850. The van der Waals surface area contributed by atoms with E-state index in [1.807, 2.05) is 6.08 Å². The number of carbonyl (C=O) groups excluding carboxylic acids is 4. The first-order valence-electron chi connectivity index (χ1n) is 23.8. The van der Waals surface area contributed by atoms with Crippen molar-refractivity contribution in [2.75, 3.05) is 26.2 Å². The zero-order valence-electron chi connectivity index (χ0n) is 34.1. The lowest BCUT2D eigenvalue weighted by molar-refractivity contribution is -0.151. The highest BCUT2D eigenvalue weighted by atomic mass is 16.6. The summed E-state index contributed by atoms with van der Waals surface area (Å²) in [6.45, 7) is 3.96. The fraction of sp³-hybridized carbons (Fsp3) is 0.708. The van der Waals surface area contributed by atoms with Crippen molar-refractivity contribution in [3.63, 3.8) is 0 Å². The Morgan fingerprint density at radius 2 is 0.983 bits per heavy atom. The fourth-order valence-corrected chi connectivity index (χ4v) is 18.8. The zero-order valence-corrected chi connectivity index (χ0v) is 34.1. The molecule has 12 heteroatoms. The molecule has 15 atom stereocenters. The van der Waals surface area contributed by atoms with Gasteiger partial charge in [-0.1, -0.05) is 6.08 Å². The molecule has 0 aromatic rings. The third kappa shape index (κ3) is 3.58. The van der Waals surface area contributed by atoms with Crippen LogP contribution in [0, 0.1) is 17.8 Å². The van der Waals surface area contributed by atoms with Crippen LogP contribution in [0.5, 0.6) is 0 Å². The number of ether oxygens (including phenoxy) is 4. The monoisotopic (exact) mass is 812 g/mol. The maximum absolute atomic E-state index is 15.1. The lowest BCUT2D eigenvalue weighted by atomic mass is 9.62. The number of hydrogen-bond acceptors (Lipinski definition) is 12. The summed E-state index contributed by atoms with van der Waals surface area (Å²) < 4.78 is 26.4. The molecule has 11 fully saturated rings. The van der Waals surface area contributed by atoms with Gasteiger partial charge in [-0.15, -0.1) is 0 Å². The van der Waals surface area contributed by atoms with Crippen LogP contribution in [-0.4, -0.2) is 140 Å². The largest absolute Gasteiger partial charge is 0.450 e. The Labute approximate surface area is 348 Å². The first-order chi connectivity index (χ1) is 29.2. The Hall–Kier alpha value is -3.58. The van der Waals surface area contributed by atoms with Crippen LogP contribution in [0.4, 0.5) is 0 Å². The highest BCUT2D eigenvalue weighted by Gasteiger charge is 2.74. The lowest BCUT2D eigenvalue weighted by Gasteiger charge is -2.42. The van der Waals surface area contributed by atoms with Crippen molar-refractivity contribution in [3.05, 3.63) is 57.2 Å². The van der Waals surface area contributed by atoms with E-state index in [4.69, 9.17) is 18.9 Å². The molecule has 0 radical (unpaired) electrons. The number of nitrogens with zero attached hydrogens (tertiary/aromatic N) is 4. The van der Waals surface area contributed by atoms with Gasteiger partial charge in [-0.3, -0.25) is 19.6 Å². The number of esters is 4. The molecule has 7 unspecified atom stereocenters. The second kappa shape index (κ2) is 10.6. The maximum atomic E-state index is 15.1. The highest BCUT2D eigenvalue weighted by molar-refractivity contribution is 5.97. The van der Waals surface area contributed by atoms with E-state index < -0.39 is 22.4 Å². The standard InChI is InChI=1S/C48H52N4O8/c53-39-14-23-13-27(33-20-45(23,57-39)35-5-2-11-51(33)35)41-31-17-28(34-22-48(31,59-43(41)55)38-8-4-12-52(34)38)42-30-16-26(32-21-47(30,60-44(42)56)37-7-3-10-50(32)37)25-15-24-19-46(29(25)18-40(54)58-46)36-6-1-9-49(24)36/h14-15,18,24,26-28,32-38H,1-13,16-17,19-22H2/t24-,26?,27?,28?,32+,33+,34+,35?,36?,37?,38?,45+,46+,47+,48+/m1/s1. The van der Waals surface area contributed by atoms with Gasteiger partial charge in [-0.25, -0.2) is 19.2 Å². The van der Waals surface area contributed by atoms with E-state index in [-0.39, 0.29) is 90.0 Å². The van der Waals surface area contributed by atoms with Gasteiger partial charge < -0.3 is 18.9 Å². The highest BCUT2D eigenvalue weighted by Crippen LogP contribution is 2.67. The predicted molar refractivity (Wildman–Crippen MR) is 210 cm³/mol. The molecule has 60 heavy (non-hydrogen) atoms. The van der Waals surface area contributed by atoms with Crippen molar-refractivity contribution in [2.24, 2.45) is 17.8 Å². The summed E-state index contributed by atoms with van der Waals surface area (Å²) in [4.78, 5) is 66.6. The second-order valence-corrected chi connectivity index (χ2v) is 21.9. The number of carbonyl (C=O) groups is 4. The van der Waals surface area contributed by atoms with Crippen molar-refractivity contribution in [2.45, 2.75) is 167 Å². The Bertz CT molecular complexity index is 2380. The molecule has 8 saturated heterocycles. The minimum Gasteiger partial charge on any atom is -0.450 e. The summed E-state index contributed by atoms with van der Waals surface area (Å²) in [7, 11) is 0. The molecular weight excluding hydrogens is 761 g/mol. The zero-order chi connectivity index (χ0) is 39.4. The van der Waals surface area contributed by atoms with Crippen molar-refractivity contribution in [3.8, 4) is 0 Å². The Kier molecular flexibility index (Phi) is 6.00. The first kappa shape index (κ1) is 34.0. The normalized spacial score (nSPS) is 52.4. The van der Waals surface area contributed by atoms with Gasteiger partial charge in [-0.05, 0) is 119 Å². The second-order valence-electron chi connectivity index (χ2n) is 21.9. The quantitative estimate of drug-likeness (QED) is 0.307. The summed E-state index contributed by atoms with van der Waals surface area (Å²) in [6.07, 6.45) is 19.7. The third-order valence-corrected chi connectivity index (χ3v) is 20.4. The van der Waals surface area contributed by atoms with Gasteiger partial charge >= 0.3 is 23.9 Å². The topological polar surface area (TPSA) is 118 Å². The molecule has 0 amide bonds. The SMILES string of the molecule is O=C1C=C2C(C3CC4=C(C5CC6=C(C7CC8=CC(=O)O[C@@]89C[C@@H]7N7CCCC79)C(=O)O[C@@]67C[C@@H]5N5CCCC57)C(=O)O[C@@]45C[C@@H]3N3CCCC35)=C[C@@H]3C[C@@]2(O1)C1CCCN13. The van der Waals surface area contributed by atoms with Gasteiger partial charge in [0, 0.05) is 96.5 Å². The summed E-state index contributed by atoms with van der Waals surface area (Å²) in [6, 6.07) is 1.41. The van der Waals surface area contributed by atoms with E-state index in [2.05, 4.69) is 25.7 Å². The van der Waals surface area contributed by atoms with Gasteiger partial charge in [0.2, 0.25) is 0 Å². The van der Waals surface area contributed by atoms with Crippen LogP contribution in [-0.2, 0) is 38.1 Å². The smallest absolute Gasteiger partial charge is 0.335 e. The molecule has 12 nitrogen and oxygen atoms in total. The van der Waals surface area contributed by atoms with E-state index in [1.54, 1.807) is 6.08 Å². The van der Waals surface area contributed by atoms with E-state index in [1.165, 1.54) is 11.1 Å².